The van der Waals surface area contributed by atoms with Crippen molar-refractivity contribution < 1.29 is 4.74 Å². The molecule has 1 aromatic rings. The molecule has 1 saturated heterocycles. The van der Waals surface area contributed by atoms with Gasteiger partial charge in [-0.2, -0.15) is 0 Å². The van der Waals surface area contributed by atoms with Crippen LogP contribution < -0.4 is 5.32 Å². The summed E-state index contributed by atoms with van der Waals surface area (Å²) < 4.78 is 6.14. The lowest BCUT2D eigenvalue weighted by molar-refractivity contribution is 0.0298. The zero-order valence-corrected chi connectivity index (χ0v) is 13.6. The van der Waals surface area contributed by atoms with Gasteiger partial charge in [0.05, 0.1) is 11.1 Å². The highest BCUT2D eigenvalue weighted by molar-refractivity contribution is 7.09. The highest BCUT2D eigenvalue weighted by Crippen LogP contribution is 2.49. The van der Waals surface area contributed by atoms with Crippen LogP contribution in [0.3, 0.4) is 0 Å². The molecular weight excluding hydrogens is 268 g/mol. The van der Waals surface area contributed by atoms with E-state index in [2.05, 4.69) is 31.5 Å². The molecule has 1 aliphatic heterocycles. The number of hydrogen-bond acceptors (Lipinski definition) is 4. The zero-order valence-electron chi connectivity index (χ0n) is 12.8. The van der Waals surface area contributed by atoms with E-state index in [-0.39, 0.29) is 5.41 Å². The van der Waals surface area contributed by atoms with Crippen LogP contribution in [0.2, 0.25) is 0 Å². The van der Waals surface area contributed by atoms with Crippen molar-refractivity contribution >= 4 is 11.3 Å². The standard InChI is InChI=1S/C16H26N2OS/c1-11(2)17-10-16(8-14-18-12(3)9-20-14)6-7-19-15(16)13-4-5-13/h9,11,13,15,17H,4-8,10H2,1-3H3. The number of thiazole rings is 1. The molecule has 2 atom stereocenters. The molecule has 1 aliphatic carbocycles. The molecule has 0 bridgehead atoms. The maximum absolute atomic E-state index is 6.14. The Kier molecular flexibility index (Phi) is 4.16. The minimum absolute atomic E-state index is 0.260. The molecule has 1 aromatic heterocycles. The lowest BCUT2D eigenvalue weighted by Gasteiger charge is -2.35. The first-order valence-corrected chi connectivity index (χ1v) is 8.73. The third kappa shape index (κ3) is 3.07. The van der Waals surface area contributed by atoms with Gasteiger partial charge in [0.2, 0.25) is 0 Å². The van der Waals surface area contributed by atoms with Gasteiger partial charge < -0.3 is 10.1 Å². The van der Waals surface area contributed by atoms with Crippen molar-refractivity contribution in [2.75, 3.05) is 13.2 Å². The van der Waals surface area contributed by atoms with Crippen molar-refractivity contribution in [2.24, 2.45) is 11.3 Å². The summed E-state index contributed by atoms with van der Waals surface area (Å²) in [7, 11) is 0. The van der Waals surface area contributed by atoms with Gasteiger partial charge in [-0.25, -0.2) is 4.98 Å². The van der Waals surface area contributed by atoms with Crippen molar-refractivity contribution in [2.45, 2.75) is 58.6 Å². The van der Waals surface area contributed by atoms with Crippen LogP contribution in [0.5, 0.6) is 0 Å². The first kappa shape index (κ1) is 14.5. The minimum Gasteiger partial charge on any atom is -0.377 e. The van der Waals surface area contributed by atoms with E-state index in [0.717, 1.165) is 31.2 Å². The van der Waals surface area contributed by atoms with Crippen LogP contribution in [0.25, 0.3) is 0 Å². The molecule has 2 unspecified atom stereocenters. The van der Waals surface area contributed by atoms with Crippen LogP contribution in [0.1, 0.15) is 43.8 Å². The van der Waals surface area contributed by atoms with Gasteiger partial charge in [-0.3, -0.25) is 0 Å². The van der Waals surface area contributed by atoms with Gasteiger partial charge >= 0.3 is 0 Å². The van der Waals surface area contributed by atoms with E-state index in [9.17, 15) is 0 Å². The largest absolute Gasteiger partial charge is 0.377 e. The van der Waals surface area contributed by atoms with Gasteiger partial charge in [0.15, 0.2) is 0 Å². The number of rotatable bonds is 6. The fourth-order valence-corrected chi connectivity index (χ4v) is 4.30. The molecular formula is C16H26N2OS. The number of aryl methyl sites for hydroxylation is 1. The van der Waals surface area contributed by atoms with E-state index >= 15 is 0 Å². The topological polar surface area (TPSA) is 34.1 Å². The second-order valence-electron chi connectivity index (χ2n) is 6.84. The molecule has 20 heavy (non-hydrogen) atoms. The third-order valence-electron chi connectivity index (χ3n) is 4.58. The monoisotopic (exact) mass is 294 g/mol. The van der Waals surface area contributed by atoms with Crippen molar-refractivity contribution in [3.8, 4) is 0 Å². The number of aromatic nitrogens is 1. The Labute approximate surface area is 126 Å². The summed E-state index contributed by atoms with van der Waals surface area (Å²) in [4.78, 5) is 4.70. The van der Waals surface area contributed by atoms with Gasteiger partial charge in [0.25, 0.3) is 0 Å². The Balaban J connectivity index is 1.78. The van der Waals surface area contributed by atoms with Crippen molar-refractivity contribution in [1.29, 1.82) is 0 Å². The van der Waals surface area contributed by atoms with Crippen molar-refractivity contribution in [1.82, 2.24) is 10.3 Å². The molecule has 4 heteroatoms. The van der Waals surface area contributed by atoms with Gasteiger partial charge in [-0.05, 0) is 32.1 Å². The minimum atomic E-state index is 0.260. The molecule has 112 valence electrons. The average molecular weight is 294 g/mol. The average Bonchev–Trinajstić information content (AvgIpc) is 3.04. The molecule has 3 rings (SSSR count). The molecule has 2 fully saturated rings. The summed E-state index contributed by atoms with van der Waals surface area (Å²) in [6.45, 7) is 8.52. The van der Waals surface area contributed by atoms with Crippen LogP contribution in [-0.4, -0.2) is 30.3 Å². The van der Waals surface area contributed by atoms with E-state index in [0.29, 0.717) is 12.1 Å². The summed E-state index contributed by atoms with van der Waals surface area (Å²) in [5, 5.41) is 7.11. The molecule has 2 aliphatic rings. The molecule has 3 nitrogen and oxygen atoms in total. The lowest BCUT2D eigenvalue weighted by Crippen LogP contribution is -2.45. The molecule has 0 aromatic carbocycles. The van der Waals surface area contributed by atoms with Crippen LogP contribution in [0.15, 0.2) is 5.38 Å². The fourth-order valence-electron chi connectivity index (χ4n) is 3.38. The van der Waals surface area contributed by atoms with E-state index in [4.69, 9.17) is 9.72 Å². The van der Waals surface area contributed by atoms with E-state index < -0.39 is 0 Å². The van der Waals surface area contributed by atoms with E-state index in [1.165, 1.54) is 24.3 Å². The SMILES string of the molecule is Cc1csc(CC2(CNC(C)C)CCOC2C2CC2)n1. The normalized spacial score (nSPS) is 30.3. The fraction of sp³-hybridized carbons (Fsp3) is 0.812. The Morgan fingerprint density at radius 1 is 1.50 bits per heavy atom. The first-order valence-electron chi connectivity index (χ1n) is 7.85. The maximum atomic E-state index is 6.14. The van der Waals surface area contributed by atoms with Crippen molar-refractivity contribution in [3.05, 3.63) is 16.1 Å². The number of ether oxygens (including phenoxy) is 1. The maximum Gasteiger partial charge on any atom is 0.0935 e. The highest BCUT2D eigenvalue weighted by atomic mass is 32.1. The number of hydrogen-bond donors (Lipinski definition) is 1. The summed E-state index contributed by atoms with van der Waals surface area (Å²) >= 11 is 1.81. The first-order chi connectivity index (χ1) is 9.59. The Bertz CT molecular complexity index is 455. The summed E-state index contributed by atoms with van der Waals surface area (Å²) in [6.07, 6.45) is 5.40. The van der Waals surface area contributed by atoms with Gasteiger partial charge in [0, 0.05) is 42.1 Å². The van der Waals surface area contributed by atoms with Crippen molar-refractivity contribution in [3.63, 3.8) is 0 Å². The summed E-state index contributed by atoms with van der Waals surface area (Å²) in [5.41, 5.74) is 1.41. The second-order valence-corrected chi connectivity index (χ2v) is 7.78. The molecule has 1 saturated carbocycles. The van der Waals surface area contributed by atoms with Gasteiger partial charge in [-0.1, -0.05) is 13.8 Å². The quantitative estimate of drug-likeness (QED) is 0.875. The Morgan fingerprint density at radius 2 is 2.30 bits per heavy atom. The number of nitrogens with one attached hydrogen (secondary N) is 1. The Hall–Kier alpha value is -0.450. The van der Waals surface area contributed by atoms with Gasteiger partial charge in [-0.15, -0.1) is 11.3 Å². The molecule has 2 heterocycles. The predicted octanol–water partition coefficient (Wildman–Crippen LogP) is 3.18. The van der Waals surface area contributed by atoms with Gasteiger partial charge in [0.1, 0.15) is 0 Å². The molecule has 0 spiro atoms. The van der Waals surface area contributed by atoms with Crippen LogP contribution in [0, 0.1) is 18.3 Å². The molecule has 1 N–H and O–H groups in total. The highest BCUT2D eigenvalue weighted by Gasteiger charge is 2.51. The van der Waals surface area contributed by atoms with Crippen LogP contribution in [-0.2, 0) is 11.2 Å². The smallest absolute Gasteiger partial charge is 0.0935 e. The van der Waals surface area contributed by atoms with Crippen LogP contribution >= 0.6 is 11.3 Å². The third-order valence-corrected chi connectivity index (χ3v) is 5.55. The molecule has 0 amide bonds. The second kappa shape index (κ2) is 5.74. The van der Waals surface area contributed by atoms with E-state index in [1.807, 2.05) is 11.3 Å². The summed E-state index contributed by atoms with van der Waals surface area (Å²) in [6, 6.07) is 0.533. The van der Waals surface area contributed by atoms with Crippen LogP contribution in [0.4, 0.5) is 0 Å². The zero-order chi connectivity index (χ0) is 14.2. The summed E-state index contributed by atoms with van der Waals surface area (Å²) in [5.74, 6) is 0.799. The lowest BCUT2D eigenvalue weighted by atomic mass is 9.76. The molecule has 0 radical (unpaired) electrons. The Morgan fingerprint density at radius 3 is 2.90 bits per heavy atom. The predicted molar refractivity (Wildman–Crippen MR) is 83.2 cm³/mol. The number of nitrogens with zero attached hydrogens (tertiary/aromatic N) is 1. The van der Waals surface area contributed by atoms with E-state index in [1.54, 1.807) is 0 Å².